The highest BCUT2D eigenvalue weighted by Gasteiger charge is 2.56. The summed E-state index contributed by atoms with van der Waals surface area (Å²) in [5.41, 5.74) is 1.06. The van der Waals surface area contributed by atoms with Gasteiger partial charge in [-0.1, -0.05) is 52.0 Å². The van der Waals surface area contributed by atoms with Gasteiger partial charge in [-0.2, -0.15) is 0 Å². The molecule has 0 radical (unpaired) electrons. The van der Waals surface area contributed by atoms with Crippen molar-refractivity contribution >= 4 is 29.4 Å². The number of aliphatic carboxylic acids is 1. The minimum Gasteiger partial charge on any atom is -0.481 e. The summed E-state index contributed by atoms with van der Waals surface area (Å²) >= 11 is 0. The van der Waals surface area contributed by atoms with E-state index < -0.39 is 83.9 Å². The number of ether oxygens (including phenoxy) is 5. The molecule has 62 heavy (non-hydrogen) atoms. The molecule has 15 nitrogen and oxygen atoms in total. The number of carboxylic acid groups (broad SMARTS) is 1. The number of carboxylic acids is 1. The van der Waals surface area contributed by atoms with Crippen LogP contribution in [0.5, 0.6) is 0 Å². The molecule has 3 fully saturated rings. The number of aliphatic hydroxyl groups is 3. The van der Waals surface area contributed by atoms with E-state index in [0.29, 0.717) is 62.5 Å². The summed E-state index contributed by atoms with van der Waals surface area (Å²) in [7, 11) is 4.56. The zero-order chi connectivity index (χ0) is 45.9. The van der Waals surface area contributed by atoms with Crippen molar-refractivity contribution in [1.29, 1.82) is 0 Å². The third kappa shape index (κ3) is 13.1. The molecule has 4 N–H and O–H groups in total. The van der Waals surface area contributed by atoms with Crippen molar-refractivity contribution in [3.05, 3.63) is 35.5 Å². The van der Waals surface area contributed by atoms with Gasteiger partial charge < -0.3 is 49.0 Å². The van der Waals surface area contributed by atoms with Crippen molar-refractivity contribution in [1.82, 2.24) is 4.90 Å². The normalized spacial score (nSPS) is 38.8. The number of piperidine rings is 1. The number of ketones is 2. The minimum atomic E-state index is -2.54. The largest absolute Gasteiger partial charge is 0.481 e. The highest BCUT2D eigenvalue weighted by atomic mass is 16.7. The van der Waals surface area contributed by atoms with Crippen LogP contribution in [0, 0.1) is 29.6 Å². The number of rotatable bonds is 10. The van der Waals surface area contributed by atoms with E-state index in [4.69, 9.17) is 28.8 Å². The Balaban J connectivity index is 1.79. The maximum Gasteiger partial charge on any atom is 0.329 e. The third-order valence-electron chi connectivity index (χ3n) is 13.5. The molecule has 14 unspecified atom stereocenters. The summed E-state index contributed by atoms with van der Waals surface area (Å²) in [6, 6.07) is -1.18. The second-order valence-electron chi connectivity index (χ2n) is 18.4. The Labute approximate surface area is 367 Å². The number of Topliss-reactive ketones (excluding diaryl/α,β-unsaturated/α-hetero) is 2. The number of aliphatic hydroxyl groups excluding tert-OH is 2. The van der Waals surface area contributed by atoms with E-state index in [1.54, 1.807) is 40.0 Å². The molecule has 0 aromatic rings. The lowest BCUT2D eigenvalue weighted by Gasteiger charge is -2.47. The SMILES string of the molecule is COC1CC(C=C(C)C2OC(=O)C3CCCCN3C(=O)C(=O)C3(O)OC(C(OC)CC(C)CC(C)/C=C(\CC=CCCC(=O)O)C(=O)CC(O)C2C)C(OC)CC3C)CCC1O. The van der Waals surface area contributed by atoms with Gasteiger partial charge in [0.15, 0.2) is 5.78 Å². The highest BCUT2D eigenvalue weighted by molar-refractivity contribution is 6.39. The van der Waals surface area contributed by atoms with Gasteiger partial charge in [-0.05, 0) is 106 Å². The van der Waals surface area contributed by atoms with Crippen LogP contribution in [0.15, 0.2) is 35.5 Å². The second-order valence-corrected chi connectivity index (χ2v) is 18.4. The fourth-order valence-electron chi connectivity index (χ4n) is 9.82. The van der Waals surface area contributed by atoms with Gasteiger partial charge >= 0.3 is 11.9 Å². The van der Waals surface area contributed by atoms with Gasteiger partial charge in [0, 0.05) is 52.6 Å². The van der Waals surface area contributed by atoms with E-state index in [1.807, 2.05) is 26.0 Å². The van der Waals surface area contributed by atoms with E-state index in [0.717, 1.165) is 4.90 Å². The monoisotopic (exact) mass is 876 g/mol. The van der Waals surface area contributed by atoms with Crippen molar-refractivity contribution in [2.24, 2.45) is 29.6 Å². The van der Waals surface area contributed by atoms with Crippen molar-refractivity contribution in [2.75, 3.05) is 27.9 Å². The Bertz CT molecular complexity index is 1640. The van der Waals surface area contributed by atoms with Crippen LogP contribution in [0.25, 0.3) is 0 Å². The number of esters is 1. The smallest absolute Gasteiger partial charge is 0.329 e. The highest BCUT2D eigenvalue weighted by Crippen LogP contribution is 2.39. The molecule has 0 spiro atoms. The lowest BCUT2D eigenvalue weighted by atomic mass is 9.81. The van der Waals surface area contributed by atoms with Crippen LogP contribution < -0.4 is 0 Å². The molecule has 0 aromatic carbocycles. The second kappa shape index (κ2) is 23.6. The Morgan fingerprint density at radius 2 is 1.56 bits per heavy atom. The van der Waals surface area contributed by atoms with Crippen LogP contribution in [0.3, 0.4) is 0 Å². The van der Waals surface area contributed by atoms with E-state index in [9.17, 15) is 39.3 Å². The Morgan fingerprint density at radius 3 is 2.23 bits per heavy atom. The van der Waals surface area contributed by atoms with Gasteiger partial charge in [0.05, 0.1) is 30.5 Å². The first-order valence-corrected chi connectivity index (χ1v) is 22.5. The lowest BCUT2D eigenvalue weighted by molar-refractivity contribution is -0.302. The predicted molar refractivity (Wildman–Crippen MR) is 228 cm³/mol. The number of hydrogen-bond donors (Lipinski definition) is 4. The first-order chi connectivity index (χ1) is 29.3. The van der Waals surface area contributed by atoms with Crippen molar-refractivity contribution in [3.8, 4) is 0 Å². The Hall–Kier alpha value is -3.31. The summed E-state index contributed by atoms with van der Waals surface area (Å²) in [5, 5.41) is 43.5. The van der Waals surface area contributed by atoms with Crippen LogP contribution in [-0.2, 0) is 47.7 Å². The van der Waals surface area contributed by atoms with Crippen LogP contribution in [0.2, 0.25) is 0 Å². The van der Waals surface area contributed by atoms with Crippen LogP contribution >= 0.6 is 0 Å². The van der Waals surface area contributed by atoms with Gasteiger partial charge in [-0.25, -0.2) is 4.79 Å². The molecule has 14 atom stereocenters. The van der Waals surface area contributed by atoms with E-state index in [1.165, 1.54) is 14.2 Å². The summed E-state index contributed by atoms with van der Waals surface area (Å²) in [6.45, 7) is 9.16. The summed E-state index contributed by atoms with van der Waals surface area (Å²) in [4.78, 5) is 69.4. The maximum absolute atomic E-state index is 14.4. The summed E-state index contributed by atoms with van der Waals surface area (Å²) in [6.07, 6.45) is 6.10. The van der Waals surface area contributed by atoms with E-state index in [2.05, 4.69) is 0 Å². The number of nitrogens with zero attached hydrogens (tertiary/aromatic N) is 1. The molecular weight excluding hydrogens is 803 g/mol. The fraction of sp³-hybridized carbons (Fsp3) is 0.766. The molecule has 2 saturated heterocycles. The predicted octanol–water partition coefficient (Wildman–Crippen LogP) is 4.87. The summed E-state index contributed by atoms with van der Waals surface area (Å²) < 4.78 is 29.8. The van der Waals surface area contributed by atoms with Crippen LogP contribution in [0.4, 0.5) is 0 Å². The molecule has 4 aliphatic rings. The van der Waals surface area contributed by atoms with Crippen molar-refractivity contribution in [2.45, 2.75) is 173 Å². The van der Waals surface area contributed by atoms with Crippen LogP contribution in [-0.4, -0.2) is 137 Å². The molecule has 350 valence electrons. The maximum atomic E-state index is 14.4. The van der Waals surface area contributed by atoms with E-state index >= 15 is 0 Å². The standard InChI is InChI=1S/C47H73NO14/c1-27-20-28(2)22-39(59-7)43-40(60-8)24-30(4)47(57,62-43)44(54)45(55)48-19-13-12-15-34(48)46(56)61-42(29(3)23-32-17-18-35(49)38(25-32)58-6)31(5)36(50)26-37(51)33(21-27)14-10-9-11-16-41(52)53/h9-10,21,23,27-28,30-32,34-36,38-40,42-43,49-50,57H,11-20,22,24-26H2,1-8H3,(H,52,53)/b10-9?,29-23?,33-21+. The van der Waals surface area contributed by atoms with Crippen molar-refractivity contribution in [3.63, 3.8) is 0 Å². The average molecular weight is 876 g/mol. The number of amides is 1. The molecule has 0 aromatic heterocycles. The number of hydrogen-bond acceptors (Lipinski definition) is 13. The molecule has 3 aliphatic heterocycles. The Morgan fingerprint density at radius 1 is 0.887 bits per heavy atom. The van der Waals surface area contributed by atoms with Gasteiger partial charge in [-0.15, -0.1) is 0 Å². The zero-order valence-corrected chi connectivity index (χ0v) is 38.0. The topological polar surface area (TPSA) is 216 Å². The molecule has 1 saturated carbocycles. The van der Waals surface area contributed by atoms with Gasteiger partial charge in [0.25, 0.3) is 11.7 Å². The molecule has 1 amide bonds. The third-order valence-corrected chi connectivity index (χ3v) is 13.5. The van der Waals surface area contributed by atoms with Crippen molar-refractivity contribution < 1.29 is 68.1 Å². The van der Waals surface area contributed by atoms with Crippen LogP contribution in [0.1, 0.15) is 118 Å². The number of methoxy groups -OCH3 is 3. The average Bonchev–Trinajstić information content (AvgIpc) is 3.24. The van der Waals surface area contributed by atoms with Gasteiger partial charge in [-0.3, -0.25) is 19.2 Å². The Kier molecular flexibility index (Phi) is 19.5. The molecule has 3 heterocycles. The quantitative estimate of drug-likeness (QED) is 0.131. The van der Waals surface area contributed by atoms with Gasteiger partial charge in [0.2, 0.25) is 5.79 Å². The molecule has 2 bridgehead atoms. The van der Waals surface area contributed by atoms with E-state index in [-0.39, 0.29) is 68.3 Å². The molecule has 4 rings (SSSR count). The first-order valence-electron chi connectivity index (χ1n) is 22.5. The zero-order valence-electron chi connectivity index (χ0n) is 38.0. The molecule has 1 aliphatic carbocycles. The number of allylic oxidation sites excluding steroid dienone is 5. The lowest BCUT2D eigenvalue weighted by Crippen LogP contribution is -2.64. The summed E-state index contributed by atoms with van der Waals surface area (Å²) in [5.74, 6) is -8.71. The first kappa shape index (κ1) is 51.3. The number of carbonyl (C=O) groups excluding carboxylic acids is 4. The number of fused-ring (bicyclic) bond motifs is 3. The fourth-order valence-corrected chi connectivity index (χ4v) is 9.82. The number of carbonyl (C=O) groups is 5. The number of cyclic esters (lactones) is 1. The van der Waals surface area contributed by atoms with Gasteiger partial charge in [0.1, 0.15) is 18.2 Å². The minimum absolute atomic E-state index is 0.0290. The molecule has 15 heteroatoms. The molecular formula is C47H73NO14.